The summed E-state index contributed by atoms with van der Waals surface area (Å²) in [6.07, 6.45) is 4.93. The molecule has 0 unspecified atom stereocenters. The topological polar surface area (TPSA) is 45.2 Å². The Morgan fingerprint density at radius 1 is 1.22 bits per heavy atom. The van der Waals surface area contributed by atoms with Crippen LogP contribution in [0.2, 0.25) is 0 Å². The molecule has 0 radical (unpaired) electrons. The summed E-state index contributed by atoms with van der Waals surface area (Å²) in [5, 5.41) is 2.90. The number of pyridine rings is 1. The predicted octanol–water partition coefficient (Wildman–Crippen LogP) is 3.17. The van der Waals surface area contributed by atoms with Gasteiger partial charge in [0.25, 0.3) is 5.91 Å². The van der Waals surface area contributed by atoms with Gasteiger partial charge in [0, 0.05) is 19.6 Å². The van der Waals surface area contributed by atoms with Gasteiger partial charge in [0.15, 0.2) is 0 Å². The van der Waals surface area contributed by atoms with Gasteiger partial charge in [-0.05, 0) is 36.1 Å². The number of unbranched alkanes of at least 4 members (excludes halogenated alkanes) is 1. The SMILES string of the molecule is CCCCNC(=O)c1ccc(N2CCc3ccccc3C2)cn1. The molecule has 1 amide bonds. The number of benzene rings is 1. The first-order valence-corrected chi connectivity index (χ1v) is 8.34. The van der Waals surface area contributed by atoms with Gasteiger partial charge >= 0.3 is 0 Å². The van der Waals surface area contributed by atoms with E-state index in [4.69, 9.17) is 0 Å². The number of carbonyl (C=O) groups excluding carboxylic acids is 1. The van der Waals surface area contributed by atoms with Crippen molar-refractivity contribution in [1.29, 1.82) is 0 Å². The summed E-state index contributed by atoms with van der Waals surface area (Å²) in [6, 6.07) is 12.4. The van der Waals surface area contributed by atoms with E-state index in [1.54, 1.807) is 0 Å². The van der Waals surface area contributed by atoms with E-state index in [1.807, 2.05) is 18.3 Å². The third kappa shape index (κ3) is 3.70. The lowest BCUT2D eigenvalue weighted by atomic mass is 10.00. The molecule has 0 spiro atoms. The smallest absolute Gasteiger partial charge is 0.269 e. The molecule has 2 heterocycles. The lowest BCUT2D eigenvalue weighted by molar-refractivity contribution is 0.0948. The van der Waals surface area contributed by atoms with Crippen LogP contribution in [-0.2, 0) is 13.0 Å². The first-order chi connectivity index (χ1) is 11.3. The molecule has 1 aliphatic heterocycles. The monoisotopic (exact) mass is 309 g/mol. The molecular weight excluding hydrogens is 286 g/mol. The largest absolute Gasteiger partial charge is 0.366 e. The van der Waals surface area contributed by atoms with E-state index in [0.717, 1.165) is 38.0 Å². The molecule has 23 heavy (non-hydrogen) atoms. The standard InChI is InChI=1S/C19H23N3O/c1-2-3-11-20-19(23)18-9-8-17(13-21-18)22-12-10-15-6-4-5-7-16(15)14-22/h4-9,13H,2-3,10-12,14H2,1H3,(H,20,23). The van der Waals surface area contributed by atoms with E-state index in [2.05, 4.69) is 46.4 Å². The minimum absolute atomic E-state index is 0.0889. The van der Waals surface area contributed by atoms with Crippen molar-refractivity contribution in [2.45, 2.75) is 32.7 Å². The van der Waals surface area contributed by atoms with Crippen molar-refractivity contribution in [2.24, 2.45) is 0 Å². The van der Waals surface area contributed by atoms with Crippen LogP contribution in [0.5, 0.6) is 0 Å². The van der Waals surface area contributed by atoms with Gasteiger partial charge in [-0.3, -0.25) is 4.79 Å². The molecule has 1 aromatic carbocycles. The van der Waals surface area contributed by atoms with E-state index in [9.17, 15) is 4.79 Å². The van der Waals surface area contributed by atoms with Gasteiger partial charge in [-0.1, -0.05) is 37.6 Å². The number of rotatable bonds is 5. The van der Waals surface area contributed by atoms with Crippen LogP contribution in [0.1, 0.15) is 41.4 Å². The molecule has 1 aromatic heterocycles. The maximum Gasteiger partial charge on any atom is 0.269 e. The quantitative estimate of drug-likeness (QED) is 0.863. The zero-order valence-electron chi connectivity index (χ0n) is 13.6. The number of aromatic nitrogens is 1. The van der Waals surface area contributed by atoms with E-state index in [1.165, 1.54) is 11.1 Å². The summed E-state index contributed by atoms with van der Waals surface area (Å²) in [6.45, 7) is 4.71. The van der Waals surface area contributed by atoms with Crippen LogP contribution in [0.15, 0.2) is 42.6 Å². The van der Waals surface area contributed by atoms with Gasteiger partial charge < -0.3 is 10.2 Å². The molecule has 0 saturated carbocycles. The fraction of sp³-hybridized carbons (Fsp3) is 0.368. The zero-order valence-corrected chi connectivity index (χ0v) is 13.6. The fourth-order valence-corrected chi connectivity index (χ4v) is 2.89. The Bertz CT molecular complexity index is 667. The third-order valence-corrected chi connectivity index (χ3v) is 4.29. The summed E-state index contributed by atoms with van der Waals surface area (Å²) in [7, 11) is 0. The summed E-state index contributed by atoms with van der Waals surface area (Å²) >= 11 is 0. The predicted molar refractivity (Wildman–Crippen MR) is 92.7 cm³/mol. The normalized spacial score (nSPS) is 13.5. The number of nitrogens with zero attached hydrogens (tertiary/aromatic N) is 2. The average molecular weight is 309 g/mol. The zero-order chi connectivity index (χ0) is 16.1. The molecule has 120 valence electrons. The summed E-state index contributed by atoms with van der Waals surface area (Å²) in [5.41, 5.74) is 4.37. The highest BCUT2D eigenvalue weighted by atomic mass is 16.1. The second-order valence-corrected chi connectivity index (χ2v) is 5.95. The first-order valence-electron chi connectivity index (χ1n) is 8.34. The van der Waals surface area contributed by atoms with Crippen molar-refractivity contribution in [2.75, 3.05) is 18.0 Å². The Hall–Kier alpha value is -2.36. The molecule has 0 fully saturated rings. The maximum absolute atomic E-state index is 12.0. The minimum Gasteiger partial charge on any atom is -0.366 e. The van der Waals surface area contributed by atoms with Crippen molar-refractivity contribution >= 4 is 11.6 Å². The average Bonchev–Trinajstić information content (AvgIpc) is 2.61. The molecule has 0 aliphatic carbocycles. The highest BCUT2D eigenvalue weighted by Gasteiger charge is 2.16. The van der Waals surface area contributed by atoms with Crippen molar-refractivity contribution in [1.82, 2.24) is 10.3 Å². The van der Waals surface area contributed by atoms with Crippen LogP contribution >= 0.6 is 0 Å². The van der Waals surface area contributed by atoms with Crippen LogP contribution in [0.4, 0.5) is 5.69 Å². The number of nitrogens with one attached hydrogen (secondary N) is 1. The van der Waals surface area contributed by atoms with E-state index >= 15 is 0 Å². The van der Waals surface area contributed by atoms with Crippen LogP contribution in [-0.4, -0.2) is 24.0 Å². The Balaban J connectivity index is 1.65. The molecule has 3 rings (SSSR count). The maximum atomic E-state index is 12.0. The number of amides is 1. The summed E-state index contributed by atoms with van der Waals surface area (Å²) < 4.78 is 0. The van der Waals surface area contributed by atoms with Crippen molar-refractivity contribution < 1.29 is 4.79 Å². The fourth-order valence-electron chi connectivity index (χ4n) is 2.89. The lowest BCUT2D eigenvalue weighted by Gasteiger charge is -2.30. The Morgan fingerprint density at radius 2 is 2.04 bits per heavy atom. The van der Waals surface area contributed by atoms with Crippen LogP contribution in [0.25, 0.3) is 0 Å². The first kappa shape index (κ1) is 15.5. The Kier molecular flexibility index (Phi) is 4.91. The number of carbonyl (C=O) groups is 1. The number of anilines is 1. The second-order valence-electron chi connectivity index (χ2n) is 5.95. The minimum atomic E-state index is -0.0889. The van der Waals surface area contributed by atoms with Gasteiger partial charge in [-0.2, -0.15) is 0 Å². The molecule has 1 aliphatic rings. The van der Waals surface area contributed by atoms with Gasteiger partial charge in [0.1, 0.15) is 5.69 Å². The highest BCUT2D eigenvalue weighted by Crippen LogP contribution is 2.23. The molecule has 0 saturated heterocycles. The van der Waals surface area contributed by atoms with Gasteiger partial charge in [0.2, 0.25) is 0 Å². The van der Waals surface area contributed by atoms with Gasteiger partial charge in [-0.25, -0.2) is 4.98 Å². The van der Waals surface area contributed by atoms with Crippen LogP contribution < -0.4 is 10.2 Å². The molecule has 0 bridgehead atoms. The van der Waals surface area contributed by atoms with Crippen molar-refractivity contribution in [3.8, 4) is 0 Å². The number of hydrogen-bond acceptors (Lipinski definition) is 3. The van der Waals surface area contributed by atoms with E-state index in [-0.39, 0.29) is 5.91 Å². The molecule has 4 nitrogen and oxygen atoms in total. The molecule has 4 heteroatoms. The van der Waals surface area contributed by atoms with Gasteiger partial charge in [-0.15, -0.1) is 0 Å². The molecule has 2 aromatic rings. The Labute approximate surface area is 137 Å². The number of fused-ring (bicyclic) bond motifs is 1. The Morgan fingerprint density at radius 3 is 2.78 bits per heavy atom. The summed E-state index contributed by atoms with van der Waals surface area (Å²) in [5.74, 6) is -0.0889. The third-order valence-electron chi connectivity index (χ3n) is 4.29. The van der Waals surface area contributed by atoms with E-state index < -0.39 is 0 Å². The van der Waals surface area contributed by atoms with Crippen molar-refractivity contribution in [3.05, 3.63) is 59.4 Å². The molecule has 1 N–H and O–H groups in total. The van der Waals surface area contributed by atoms with Crippen LogP contribution in [0.3, 0.4) is 0 Å². The second kappa shape index (κ2) is 7.27. The lowest BCUT2D eigenvalue weighted by Crippen LogP contribution is -2.30. The van der Waals surface area contributed by atoms with E-state index in [0.29, 0.717) is 12.2 Å². The van der Waals surface area contributed by atoms with Crippen molar-refractivity contribution in [3.63, 3.8) is 0 Å². The summed E-state index contributed by atoms with van der Waals surface area (Å²) in [4.78, 5) is 18.6. The van der Waals surface area contributed by atoms with Gasteiger partial charge in [0.05, 0.1) is 11.9 Å². The highest BCUT2D eigenvalue weighted by molar-refractivity contribution is 5.92. The number of hydrogen-bond donors (Lipinski definition) is 1. The molecule has 0 atom stereocenters. The molecular formula is C19H23N3O. The van der Waals surface area contributed by atoms with Crippen LogP contribution in [0, 0.1) is 0 Å².